The van der Waals surface area contributed by atoms with Crippen molar-refractivity contribution >= 4 is 21.4 Å². The second kappa shape index (κ2) is 5.44. The maximum atomic E-state index is 12.3. The largest absolute Gasteiger partial charge is 0.378 e. The summed E-state index contributed by atoms with van der Waals surface area (Å²) in [6.07, 6.45) is 1.76. The van der Waals surface area contributed by atoms with Crippen molar-refractivity contribution in [3.63, 3.8) is 0 Å². The molecule has 110 valence electrons. The summed E-state index contributed by atoms with van der Waals surface area (Å²) in [5, 5.41) is -0.424. The number of carbonyl (C=O) groups excluding carboxylic acids is 1. The van der Waals surface area contributed by atoms with Gasteiger partial charge in [-0.3, -0.25) is 4.79 Å². The van der Waals surface area contributed by atoms with Crippen LogP contribution in [0.15, 0.2) is 24.3 Å². The minimum atomic E-state index is -3.07. The molecule has 1 aliphatic heterocycles. The van der Waals surface area contributed by atoms with Gasteiger partial charge in [-0.15, -0.1) is 0 Å². The van der Waals surface area contributed by atoms with Crippen molar-refractivity contribution in [2.75, 3.05) is 38.3 Å². The molecule has 1 atom stereocenters. The highest BCUT2D eigenvalue weighted by molar-refractivity contribution is 7.91. The van der Waals surface area contributed by atoms with Gasteiger partial charge in [0.1, 0.15) is 0 Å². The van der Waals surface area contributed by atoms with Crippen LogP contribution in [0, 0.1) is 0 Å². The minimum absolute atomic E-state index is 0.0959. The third kappa shape index (κ3) is 3.12. The molecule has 6 heteroatoms. The van der Waals surface area contributed by atoms with Crippen molar-refractivity contribution in [3.05, 3.63) is 29.8 Å². The van der Waals surface area contributed by atoms with Gasteiger partial charge >= 0.3 is 0 Å². The Balaban J connectivity index is 2.09. The molecule has 1 aromatic rings. The van der Waals surface area contributed by atoms with Gasteiger partial charge in [0.25, 0.3) is 5.91 Å². The molecule has 0 unspecified atom stereocenters. The van der Waals surface area contributed by atoms with E-state index < -0.39 is 15.1 Å². The second-order valence-corrected chi connectivity index (χ2v) is 7.76. The van der Waals surface area contributed by atoms with Crippen molar-refractivity contribution in [1.82, 2.24) is 4.90 Å². The highest BCUT2D eigenvalue weighted by Crippen LogP contribution is 2.20. The van der Waals surface area contributed by atoms with E-state index in [0.717, 1.165) is 5.69 Å². The summed E-state index contributed by atoms with van der Waals surface area (Å²) in [5.41, 5.74) is 1.63. The highest BCUT2D eigenvalue weighted by Gasteiger charge is 2.32. The second-order valence-electron chi connectivity index (χ2n) is 5.43. The molecule has 1 amide bonds. The summed E-state index contributed by atoms with van der Waals surface area (Å²) < 4.78 is 23.0. The molecule has 0 spiro atoms. The quantitative estimate of drug-likeness (QED) is 0.835. The summed E-state index contributed by atoms with van der Waals surface area (Å²) >= 11 is 0. The van der Waals surface area contributed by atoms with Crippen LogP contribution in [0.4, 0.5) is 5.69 Å². The van der Waals surface area contributed by atoms with E-state index in [9.17, 15) is 13.2 Å². The molecule has 1 heterocycles. The van der Waals surface area contributed by atoms with Crippen LogP contribution in [-0.4, -0.2) is 57.9 Å². The molecule has 2 rings (SSSR count). The van der Waals surface area contributed by atoms with E-state index in [1.54, 1.807) is 17.0 Å². The first-order valence-electron chi connectivity index (χ1n) is 6.54. The maximum absolute atomic E-state index is 12.3. The highest BCUT2D eigenvalue weighted by atomic mass is 32.2. The van der Waals surface area contributed by atoms with Crippen molar-refractivity contribution in [1.29, 1.82) is 0 Å². The molecule has 1 aliphatic rings. The standard InChI is InChI=1S/C14H20N2O3S/c1-15(2)12-6-4-11(5-7-12)14(17)16-9-8-13(10-16)20(3,18)19/h4-7,13H,8-10H2,1-3H3/t13-/m1/s1. The molecule has 1 saturated heterocycles. The van der Waals surface area contributed by atoms with Gasteiger partial charge in [-0.25, -0.2) is 8.42 Å². The first-order chi connectivity index (χ1) is 9.29. The van der Waals surface area contributed by atoms with Crippen molar-refractivity contribution < 1.29 is 13.2 Å². The van der Waals surface area contributed by atoms with Crippen molar-refractivity contribution in [2.24, 2.45) is 0 Å². The number of carbonyl (C=O) groups is 1. The van der Waals surface area contributed by atoms with Crippen LogP contribution in [0.25, 0.3) is 0 Å². The molecule has 1 aromatic carbocycles. The number of sulfone groups is 1. The number of hydrogen-bond donors (Lipinski definition) is 0. The smallest absolute Gasteiger partial charge is 0.253 e. The summed E-state index contributed by atoms with van der Waals surface area (Å²) in [4.78, 5) is 15.9. The van der Waals surface area contributed by atoms with Crippen LogP contribution in [0.1, 0.15) is 16.8 Å². The zero-order chi connectivity index (χ0) is 14.9. The Morgan fingerprint density at radius 2 is 1.85 bits per heavy atom. The zero-order valence-corrected chi connectivity index (χ0v) is 12.9. The number of amides is 1. The Morgan fingerprint density at radius 1 is 1.25 bits per heavy atom. The van der Waals surface area contributed by atoms with Gasteiger partial charge in [-0.05, 0) is 30.7 Å². The lowest BCUT2D eigenvalue weighted by atomic mass is 10.2. The number of anilines is 1. The number of nitrogens with zero attached hydrogens (tertiary/aromatic N) is 2. The van der Waals surface area contributed by atoms with E-state index >= 15 is 0 Å². The number of hydrogen-bond acceptors (Lipinski definition) is 4. The van der Waals surface area contributed by atoms with E-state index in [1.165, 1.54) is 6.26 Å². The molecule has 0 aliphatic carbocycles. The van der Waals surface area contributed by atoms with Gasteiger partial charge in [0, 0.05) is 44.7 Å². The number of benzene rings is 1. The van der Waals surface area contributed by atoms with E-state index in [2.05, 4.69) is 0 Å². The maximum Gasteiger partial charge on any atom is 0.253 e. The molecule has 0 radical (unpaired) electrons. The lowest BCUT2D eigenvalue weighted by Gasteiger charge is -2.17. The lowest BCUT2D eigenvalue weighted by molar-refractivity contribution is 0.0793. The SMILES string of the molecule is CN(C)c1ccc(C(=O)N2CC[C@@H](S(C)(=O)=O)C2)cc1. The van der Waals surface area contributed by atoms with Crippen LogP contribution >= 0.6 is 0 Å². The molecule has 0 N–H and O–H groups in total. The Hall–Kier alpha value is -1.56. The van der Waals surface area contributed by atoms with Crippen molar-refractivity contribution in [2.45, 2.75) is 11.7 Å². The van der Waals surface area contributed by atoms with Crippen LogP contribution in [-0.2, 0) is 9.84 Å². The van der Waals surface area contributed by atoms with Crippen LogP contribution in [0.5, 0.6) is 0 Å². The molecular formula is C14H20N2O3S. The lowest BCUT2D eigenvalue weighted by Crippen LogP contribution is -2.31. The first-order valence-corrected chi connectivity index (χ1v) is 8.50. The Morgan fingerprint density at radius 3 is 2.30 bits per heavy atom. The van der Waals surface area contributed by atoms with Gasteiger partial charge in [-0.2, -0.15) is 0 Å². The van der Waals surface area contributed by atoms with Gasteiger partial charge in [0.2, 0.25) is 0 Å². The van der Waals surface area contributed by atoms with Crippen LogP contribution < -0.4 is 4.90 Å². The third-order valence-electron chi connectivity index (χ3n) is 3.67. The summed E-state index contributed by atoms with van der Waals surface area (Å²) in [6, 6.07) is 7.34. The van der Waals surface area contributed by atoms with Crippen LogP contribution in [0.3, 0.4) is 0 Å². The predicted molar refractivity (Wildman–Crippen MR) is 79.9 cm³/mol. The van der Waals surface area contributed by atoms with E-state index in [0.29, 0.717) is 25.1 Å². The van der Waals surface area contributed by atoms with Crippen LogP contribution in [0.2, 0.25) is 0 Å². The van der Waals surface area contributed by atoms with E-state index in [-0.39, 0.29) is 5.91 Å². The molecule has 5 nitrogen and oxygen atoms in total. The average Bonchev–Trinajstić information content (AvgIpc) is 2.87. The summed E-state index contributed by atoms with van der Waals surface area (Å²) in [7, 11) is 0.807. The van der Waals surface area contributed by atoms with E-state index in [4.69, 9.17) is 0 Å². The van der Waals surface area contributed by atoms with Gasteiger partial charge in [0.15, 0.2) is 9.84 Å². The first kappa shape index (κ1) is 14.8. The van der Waals surface area contributed by atoms with Crippen molar-refractivity contribution in [3.8, 4) is 0 Å². The minimum Gasteiger partial charge on any atom is -0.378 e. The van der Waals surface area contributed by atoms with Gasteiger partial charge in [-0.1, -0.05) is 0 Å². The zero-order valence-electron chi connectivity index (χ0n) is 12.0. The topological polar surface area (TPSA) is 57.7 Å². The Bertz CT molecular complexity index is 593. The molecule has 1 fully saturated rings. The fourth-order valence-electron chi connectivity index (χ4n) is 2.35. The third-order valence-corrected chi connectivity index (χ3v) is 5.26. The molecule has 0 saturated carbocycles. The average molecular weight is 296 g/mol. The summed E-state index contributed by atoms with van der Waals surface area (Å²) in [5.74, 6) is -0.0959. The number of rotatable bonds is 3. The Kier molecular flexibility index (Phi) is 4.04. The molecular weight excluding hydrogens is 276 g/mol. The number of likely N-dealkylation sites (tertiary alicyclic amines) is 1. The fraction of sp³-hybridized carbons (Fsp3) is 0.500. The Labute approximate surface area is 120 Å². The molecule has 0 bridgehead atoms. The van der Waals surface area contributed by atoms with E-state index in [1.807, 2.05) is 31.1 Å². The van der Waals surface area contributed by atoms with Gasteiger partial charge < -0.3 is 9.80 Å². The molecule has 20 heavy (non-hydrogen) atoms. The fourth-order valence-corrected chi connectivity index (χ4v) is 3.33. The monoisotopic (exact) mass is 296 g/mol. The summed E-state index contributed by atoms with van der Waals surface area (Å²) in [6.45, 7) is 0.805. The predicted octanol–water partition coefficient (Wildman–Crippen LogP) is 1.01. The van der Waals surface area contributed by atoms with Gasteiger partial charge in [0.05, 0.1) is 5.25 Å². The normalized spacial score (nSPS) is 19.1. The molecule has 0 aromatic heterocycles.